The summed E-state index contributed by atoms with van der Waals surface area (Å²) in [6.45, 7) is 0.617. The minimum Gasteiger partial charge on any atom is -0.383 e. The molecule has 0 saturated carbocycles. The molecule has 1 aromatic rings. The fraction of sp³-hybridized carbons (Fsp3) is 0.455. The Morgan fingerprint density at radius 1 is 1.53 bits per heavy atom. The van der Waals surface area contributed by atoms with Gasteiger partial charge in [-0.2, -0.15) is 0 Å². The Balaban J connectivity index is 2.66. The summed E-state index contributed by atoms with van der Waals surface area (Å²) in [5, 5.41) is 3.29. The van der Waals surface area contributed by atoms with Crippen LogP contribution in [0, 0.1) is 5.82 Å². The molecule has 2 nitrogen and oxygen atoms in total. The van der Waals surface area contributed by atoms with Crippen LogP contribution in [-0.4, -0.2) is 26.8 Å². The molecule has 1 N–H and O–H groups in total. The highest BCUT2D eigenvalue weighted by molar-refractivity contribution is 6.30. The molecule has 0 amide bonds. The van der Waals surface area contributed by atoms with Crippen molar-refractivity contribution in [1.82, 2.24) is 5.32 Å². The molecule has 0 aliphatic heterocycles. The Kier molecular flexibility index (Phi) is 5.02. The lowest BCUT2D eigenvalue weighted by Gasteiger charge is -2.15. The van der Waals surface area contributed by atoms with E-state index < -0.39 is 0 Å². The number of nitrogens with one attached hydrogen (secondary N) is 1. The summed E-state index contributed by atoms with van der Waals surface area (Å²) in [4.78, 5) is 0. The van der Waals surface area contributed by atoms with Gasteiger partial charge in [-0.1, -0.05) is 17.7 Å². The van der Waals surface area contributed by atoms with Crippen molar-refractivity contribution in [2.24, 2.45) is 0 Å². The smallest absolute Gasteiger partial charge is 0.141 e. The molecule has 15 heavy (non-hydrogen) atoms. The molecule has 1 rings (SSSR count). The number of methoxy groups -OCH3 is 1. The molecular formula is C11H15ClFNO. The number of halogens is 2. The zero-order valence-corrected chi connectivity index (χ0v) is 9.64. The second-order valence-corrected chi connectivity index (χ2v) is 3.80. The first-order chi connectivity index (χ1) is 7.17. The summed E-state index contributed by atoms with van der Waals surface area (Å²) in [6.07, 6.45) is 0.768. The third kappa shape index (κ3) is 3.78. The van der Waals surface area contributed by atoms with Crippen molar-refractivity contribution < 1.29 is 9.13 Å². The van der Waals surface area contributed by atoms with E-state index in [1.807, 2.05) is 7.05 Å². The Bertz CT molecular complexity index is 319. The first kappa shape index (κ1) is 12.4. The van der Waals surface area contributed by atoms with Crippen molar-refractivity contribution in [3.05, 3.63) is 34.6 Å². The van der Waals surface area contributed by atoms with Gasteiger partial charge in [0.2, 0.25) is 0 Å². The van der Waals surface area contributed by atoms with Crippen LogP contribution in [0.2, 0.25) is 5.02 Å². The molecule has 0 aromatic heterocycles. The summed E-state index contributed by atoms with van der Waals surface area (Å²) in [5.74, 6) is -0.381. The van der Waals surface area contributed by atoms with Crippen LogP contribution in [0.15, 0.2) is 18.2 Å². The Hall–Kier alpha value is -0.640. The zero-order valence-electron chi connectivity index (χ0n) is 8.89. The molecule has 84 valence electrons. The lowest BCUT2D eigenvalue weighted by molar-refractivity contribution is 0.169. The van der Waals surface area contributed by atoms with Crippen LogP contribution in [0.3, 0.4) is 0 Å². The normalized spacial score (nSPS) is 12.8. The average molecular weight is 232 g/mol. The molecule has 0 radical (unpaired) electrons. The fourth-order valence-electron chi connectivity index (χ4n) is 1.40. The molecule has 0 bridgehead atoms. The van der Waals surface area contributed by atoms with Crippen molar-refractivity contribution >= 4 is 11.6 Å². The van der Waals surface area contributed by atoms with Gasteiger partial charge in [0.25, 0.3) is 0 Å². The number of rotatable bonds is 5. The summed E-state index contributed by atoms with van der Waals surface area (Å²) < 4.78 is 17.9. The van der Waals surface area contributed by atoms with E-state index in [2.05, 4.69) is 5.32 Å². The SMILES string of the molecule is CNC(COC)Cc1ccc(F)c(Cl)c1. The fourth-order valence-corrected chi connectivity index (χ4v) is 1.60. The molecule has 0 aliphatic rings. The number of ether oxygens (including phenoxy) is 1. The van der Waals surface area contributed by atoms with Crippen molar-refractivity contribution in [3.8, 4) is 0 Å². The second kappa shape index (κ2) is 6.05. The molecule has 0 saturated heterocycles. The van der Waals surface area contributed by atoms with Crippen molar-refractivity contribution in [3.63, 3.8) is 0 Å². The van der Waals surface area contributed by atoms with Crippen LogP contribution in [0.25, 0.3) is 0 Å². The molecule has 1 unspecified atom stereocenters. The van der Waals surface area contributed by atoms with Gasteiger partial charge < -0.3 is 10.1 Å². The lowest BCUT2D eigenvalue weighted by atomic mass is 10.1. The van der Waals surface area contributed by atoms with Crippen LogP contribution in [0.5, 0.6) is 0 Å². The summed E-state index contributed by atoms with van der Waals surface area (Å²) in [7, 11) is 3.52. The molecule has 0 fully saturated rings. The minimum atomic E-state index is -0.381. The van der Waals surface area contributed by atoms with Gasteiger partial charge >= 0.3 is 0 Å². The average Bonchev–Trinajstić information content (AvgIpc) is 2.23. The molecule has 0 spiro atoms. The van der Waals surface area contributed by atoms with Crippen molar-refractivity contribution in [2.45, 2.75) is 12.5 Å². The van der Waals surface area contributed by atoms with Crippen molar-refractivity contribution in [1.29, 1.82) is 0 Å². The van der Waals surface area contributed by atoms with Gasteiger partial charge in [-0.3, -0.25) is 0 Å². The maximum absolute atomic E-state index is 12.9. The lowest BCUT2D eigenvalue weighted by Crippen LogP contribution is -2.32. The van der Waals surface area contributed by atoms with E-state index in [1.54, 1.807) is 19.2 Å². The van der Waals surface area contributed by atoms with Gasteiger partial charge in [-0.05, 0) is 31.2 Å². The quantitative estimate of drug-likeness (QED) is 0.840. The highest BCUT2D eigenvalue weighted by Crippen LogP contribution is 2.17. The molecule has 0 aliphatic carbocycles. The van der Waals surface area contributed by atoms with Gasteiger partial charge in [0, 0.05) is 13.2 Å². The topological polar surface area (TPSA) is 21.3 Å². The van der Waals surface area contributed by atoms with Gasteiger partial charge in [-0.25, -0.2) is 4.39 Å². The Morgan fingerprint density at radius 2 is 2.27 bits per heavy atom. The van der Waals surface area contributed by atoms with Gasteiger partial charge in [0.05, 0.1) is 11.6 Å². The zero-order chi connectivity index (χ0) is 11.3. The van der Waals surface area contributed by atoms with Crippen molar-refractivity contribution in [2.75, 3.05) is 20.8 Å². The largest absolute Gasteiger partial charge is 0.383 e. The number of hydrogen-bond donors (Lipinski definition) is 1. The maximum atomic E-state index is 12.9. The monoisotopic (exact) mass is 231 g/mol. The molecule has 1 atom stereocenters. The predicted octanol–water partition coefficient (Wildman–Crippen LogP) is 2.26. The van der Waals surface area contributed by atoms with E-state index in [0.29, 0.717) is 6.61 Å². The first-order valence-electron chi connectivity index (χ1n) is 4.77. The van der Waals surface area contributed by atoms with Gasteiger partial charge in [0.1, 0.15) is 5.82 Å². The third-order valence-corrected chi connectivity index (χ3v) is 2.53. The number of likely N-dealkylation sites (N-methyl/N-ethyl adjacent to an activating group) is 1. The summed E-state index contributed by atoms with van der Waals surface area (Å²) in [6, 6.07) is 4.99. The standard InChI is InChI=1S/C11H15ClFNO/c1-14-9(7-15-2)5-8-3-4-11(13)10(12)6-8/h3-4,6,9,14H,5,7H2,1-2H3. The maximum Gasteiger partial charge on any atom is 0.141 e. The highest BCUT2D eigenvalue weighted by Gasteiger charge is 2.08. The summed E-state index contributed by atoms with van der Waals surface area (Å²) >= 11 is 5.69. The van der Waals surface area contributed by atoms with E-state index in [0.717, 1.165) is 12.0 Å². The molecule has 0 heterocycles. The van der Waals surface area contributed by atoms with Gasteiger partial charge in [-0.15, -0.1) is 0 Å². The van der Waals surface area contributed by atoms with Crippen LogP contribution < -0.4 is 5.32 Å². The predicted molar refractivity (Wildman–Crippen MR) is 59.8 cm³/mol. The molecule has 4 heteroatoms. The minimum absolute atomic E-state index is 0.166. The molecular weight excluding hydrogens is 217 g/mol. The number of benzene rings is 1. The third-order valence-electron chi connectivity index (χ3n) is 2.24. The molecule has 1 aromatic carbocycles. The van der Waals surface area contributed by atoms with E-state index >= 15 is 0 Å². The first-order valence-corrected chi connectivity index (χ1v) is 5.15. The van der Waals surface area contributed by atoms with Gasteiger partial charge in [0.15, 0.2) is 0 Å². The highest BCUT2D eigenvalue weighted by atomic mass is 35.5. The van der Waals surface area contributed by atoms with Crippen LogP contribution in [-0.2, 0) is 11.2 Å². The number of hydrogen-bond acceptors (Lipinski definition) is 2. The van der Waals surface area contributed by atoms with E-state index in [1.165, 1.54) is 6.07 Å². The van der Waals surface area contributed by atoms with Crippen LogP contribution in [0.1, 0.15) is 5.56 Å². The Labute approximate surface area is 94.4 Å². The van der Waals surface area contributed by atoms with Crippen LogP contribution >= 0.6 is 11.6 Å². The van der Waals surface area contributed by atoms with Crippen LogP contribution in [0.4, 0.5) is 4.39 Å². The Morgan fingerprint density at radius 3 is 2.80 bits per heavy atom. The van der Waals surface area contributed by atoms with E-state index in [-0.39, 0.29) is 16.9 Å². The second-order valence-electron chi connectivity index (χ2n) is 3.39. The van der Waals surface area contributed by atoms with E-state index in [9.17, 15) is 4.39 Å². The van der Waals surface area contributed by atoms with E-state index in [4.69, 9.17) is 16.3 Å². The summed E-state index contributed by atoms with van der Waals surface area (Å²) in [5.41, 5.74) is 0.998.